The van der Waals surface area contributed by atoms with Gasteiger partial charge in [-0.2, -0.15) is 0 Å². The standard InChI is InChI=1S/C30H25ClFN5O6/c31-21-9-10-22-23(24(21)32)30(42-28(40)34-22)11-4-12-37(15-30)27(39)20(13-16-5-2-1-3-6-16)19-14-17(7-8-18(19)25(33)38)26-35-29(41)43-36-26/h1-3,5-10,14,20H,4,11-13,15H2,(H2,33,38)(H,34,40)(H,35,36,41)/t20-,30-/m0/s1. The highest BCUT2D eigenvalue weighted by molar-refractivity contribution is 6.31. The molecule has 1 aromatic heterocycles. The number of piperidine rings is 1. The number of aromatic amines is 1. The molecule has 0 saturated carbocycles. The summed E-state index contributed by atoms with van der Waals surface area (Å²) in [5, 5.41) is 6.10. The highest BCUT2D eigenvalue weighted by Gasteiger charge is 2.49. The fourth-order valence-electron chi connectivity index (χ4n) is 5.94. The average Bonchev–Trinajstić information content (AvgIpc) is 3.43. The van der Waals surface area contributed by atoms with Crippen LogP contribution in [0.25, 0.3) is 11.4 Å². The van der Waals surface area contributed by atoms with E-state index in [2.05, 4.69) is 20.0 Å². The molecule has 11 nitrogen and oxygen atoms in total. The Morgan fingerprint density at radius 2 is 1.93 bits per heavy atom. The number of nitrogens with zero attached hydrogens (tertiary/aromatic N) is 2. The number of nitrogens with one attached hydrogen (secondary N) is 2. The molecular weight excluding hydrogens is 581 g/mol. The van der Waals surface area contributed by atoms with Gasteiger partial charge in [-0.05, 0) is 54.7 Å². The normalized spacial score (nSPS) is 18.5. The third kappa shape index (κ3) is 5.25. The van der Waals surface area contributed by atoms with E-state index in [0.717, 1.165) is 5.56 Å². The molecule has 4 N–H and O–H groups in total. The van der Waals surface area contributed by atoms with Crippen molar-refractivity contribution in [2.45, 2.75) is 30.8 Å². The number of fused-ring (bicyclic) bond motifs is 2. The van der Waals surface area contributed by atoms with Gasteiger partial charge < -0.3 is 15.4 Å². The average molecular weight is 606 g/mol. The summed E-state index contributed by atoms with van der Waals surface area (Å²) in [4.78, 5) is 55.3. The van der Waals surface area contributed by atoms with Crippen LogP contribution in [0, 0.1) is 5.82 Å². The number of amides is 3. The number of nitrogens with two attached hydrogens (primary N) is 1. The summed E-state index contributed by atoms with van der Waals surface area (Å²) >= 11 is 6.12. The van der Waals surface area contributed by atoms with E-state index in [1.807, 2.05) is 30.3 Å². The molecular formula is C30H25ClFN5O6. The van der Waals surface area contributed by atoms with E-state index in [0.29, 0.717) is 17.5 Å². The lowest BCUT2D eigenvalue weighted by Gasteiger charge is -2.45. The second kappa shape index (κ2) is 11.0. The molecule has 220 valence electrons. The lowest BCUT2D eigenvalue weighted by molar-refractivity contribution is -0.140. The Hall–Kier alpha value is -4.97. The van der Waals surface area contributed by atoms with Gasteiger partial charge in [-0.1, -0.05) is 53.2 Å². The third-order valence-corrected chi connectivity index (χ3v) is 8.12. The molecule has 2 aliphatic heterocycles. The molecule has 6 rings (SSSR count). The van der Waals surface area contributed by atoms with E-state index in [-0.39, 0.29) is 53.6 Å². The first-order chi connectivity index (χ1) is 20.6. The van der Waals surface area contributed by atoms with Gasteiger partial charge in [0.15, 0.2) is 17.2 Å². The molecule has 0 radical (unpaired) electrons. The van der Waals surface area contributed by atoms with Crippen LogP contribution in [0.5, 0.6) is 0 Å². The van der Waals surface area contributed by atoms with Gasteiger partial charge in [-0.25, -0.2) is 14.0 Å². The Morgan fingerprint density at radius 3 is 2.65 bits per heavy atom. The van der Waals surface area contributed by atoms with Gasteiger partial charge in [0, 0.05) is 17.7 Å². The maximum Gasteiger partial charge on any atom is 0.439 e. The molecule has 1 spiro atoms. The Kier molecular flexibility index (Phi) is 7.22. The lowest BCUT2D eigenvalue weighted by atomic mass is 9.81. The Balaban J connectivity index is 1.44. The number of benzene rings is 3. The zero-order valence-electron chi connectivity index (χ0n) is 22.6. The van der Waals surface area contributed by atoms with Crippen LogP contribution in [0.15, 0.2) is 70.0 Å². The number of halogens is 2. The van der Waals surface area contributed by atoms with E-state index in [1.54, 1.807) is 6.07 Å². The molecule has 0 bridgehead atoms. The van der Waals surface area contributed by atoms with E-state index >= 15 is 4.39 Å². The van der Waals surface area contributed by atoms with Crippen LogP contribution in [0.1, 0.15) is 45.8 Å². The monoisotopic (exact) mass is 605 g/mol. The van der Waals surface area contributed by atoms with E-state index in [9.17, 15) is 19.2 Å². The number of hydrogen-bond acceptors (Lipinski definition) is 7. The molecule has 13 heteroatoms. The minimum absolute atomic E-state index is 0.0755. The predicted molar refractivity (Wildman–Crippen MR) is 153 cm³/mol. The molecule has 3 amide bonds. The van der Waals surface area contributed by atoms with Crippen molar-refractivity contribution in [2.75, 3.05) is 18.4 Å². The number of carbonyl (C=O) groups is 3. The Bertz CT molecular complexity index is 1810. The molecule has 2 aliphatic rings. The van der Waals surface area contributed by atoms with Crippen LogP contribution in [-0.4, -0.2) is 46.0 Å². The van der Waals surface area contributed by atoms with Crippen molar-refractivity contribution in [1.29, 1.82) is 0 Å². The SMILES string of the molecule is NC(=O)c1ccc(-c2noc(=O)[nH]2)cc1[C@H](Cc1ccccc1)C(=O)N1CCC[C@@]2(C1)OC(=O)Nc1ccc(Cl)c(F)c12. The summed E-state index contributed by atoms with van der Waals surface area (Å²) in [6.07, 6.45) is 0.0696. The highest BCUT2D eigenvalue weighted by Crippen LogP contribution is 2.46. The molecule has 1 fully saturated rings. The second-order valence-corrected chi connectivity index (χ2v) is 10.9. The van der Waals surface area contributed by atoms with Crippen molar-refractivity contribution < 1.29 is 28.0 Å². The summed E-state index contributed by atoms with van der Waals surface area (Å²) in [7, 11) is 0. The Labute approximate surface area is 248 Å². The summed E-state index contributed by atoms with van der Waals surface area (Å²) < 4.78 is 25.8. The zero-order chi connectivity index (χ0) is 30.3. The van der Waals surface area contributed by atoms with Crippen LogP contribution in [0.2, 0.25) is 5.02 Å². The first-order valence-electron chi connectivity index (χ1n) is 13.5. The molecule has 4 aromatic rings. The maximum absolute atomic E-state index is 15.5. The number of likely N-dealkylation sites (tertiary alicyclic amines) is 1. The Morgan fingerprint density at radius 1 is 1.14 bits per heavy atom. The summed E-state index contributed by atoms with van der Waals surface area (Å²) in [5.74, 6) is -3.49. The highest BCUT2D eigenvalue weighted by atomic mass is 35.5. The molecule has 3 heterocycles. The summed E-state index contributed by atoms with van der Waals surface area (Å²) in [5.41, 5.74) is 6.18. The van der Waals surface area contributed by atoms with Gasteiger partial charge in [-0.3, -0.25) is 24.4 Å². The number of anilines is 1. The minimum Gasteiger partial charge on any atom is -0.436 e. The first-order valence-corrected chi connectivity index (χ1v) is 13.8. The number of hydrogen-bond donors (Lipinski definition) is 3. The fraction of sp³-hybridized carbons (Fsp3) is 0.233. The fourth-order valence-corrected chi connectivity index (χ4v) is 6.10. The third-order valence-electron chi connectivity index (χ3n) is 7.83. The summed E-state index contributed by atoms with van der Waals surface area (Å²) in [6, 6.07) is 16.6. The van der Waals surface area contributed by atoms with E-state index in [1.165, 1.54) is 29.2 Å². The minimum atomic E-state index is -1.48. The smallest absolute Gasteiger partial charge is 0.436 e. The van der Waals surface area contributed by atoms with Crippen LogP contribution in [0.4, 0.5) is 14.9 Å². The quantitative estimate of drug-likeness (QED) is 0.295. The topological polar surface area (TPSA) is 161 Å². The number of primary amides is 1. The molecule has 3 aromatic carbocycles. The van der Waals surface area contributed by atoms with Crippen molar-refractivity contribution in [2.24, 2.45) is 5.73 Å². The molecule has 43 heavy (non-hydrogen) atoms. The number of ether oxygens (including phenoxy) is 1. The predicted octanol–water partition coefficient (Wildman–Crippen LogP) is 4.33. The van der Waals surface area contributed by atoms with Crippen LogP contribution in [0.3, 0.4) is 0 Å². The van der Waals surface area contributed by atoms with Gasteiger partial charge >= 0.3 is 11.8 Å². The molecule has 0 unspecified atom stereocenters. The number of carbonyl (C=O) groups excluding carboxylic acids is 3. The van der Waals surface area contributed by atoms with Gasteiger partial charge in [0.2, 0.25) is 11.8 Å². The first kappa shape index (κ1) is 28.2. The molecule has 2 atom stereocenters. The van der Waals surface area contributed by atoms with Crippen LogP contribution in [-0.2, 0) is 21.6 Å². The van der Waals surface area contributed by atoms with E-state index < -0.39 is 41.0 Å². The van der Waals surface area contributed by atoms with Crippen molar-refractivity contribution >= 4 is 35.2 Å². The van der Waals surface area contributed by atoms with Gasteiger partial charge in [0.25, 0.3) is 0 Å². The van der Waals surface area contributed by atoms with Gasteiger partial charge in [-0.15, -0.1) is 0 Å². The van der Waals surface area contributed by atoms with Crippen molar-refractivity contribution in [3.05, 3.63) is 104 Å². The number of rotatable bonds is 6. The maximum atomic E-state index is 15.5. The van der Waals surface area contributed by atoms with Crippen molar-refractivity contribution in [1.82, 2.24) is 15.0 Å². The second-order valence-electron chi connectivity index (χ2n) is 10.5. The van der Waals surface area contributed by atoms with Crippen molar-refractivity contribution in [3.63, 3.8) is 0 Å². The largest absolute Gasteiger partial charge is 0.439 e. The van der Waals surface area contributed by atoms with Crippen LogP contribution >= 0.6 is 11.6 Å². The van der Waals surface area contributed by atoms with Gasteiger partial charge in [0.1, 0.15) is 0 Å². The van der Waals surface area contributed by atoms with Crippen molar-refractivity contribution in [3.8, 4) is 11.4 Å². The van der Waals surface area contributed by atoms with Gasteiger partial charge in [0.05, 0.1) is 28.7 Å². The zero-order valence-corrected chi connectivity index (χ0v) is 23.3. The summed E-state index contributed by atoms with van der Waals surface area (Å²) in [6.45, 7) is 0.146. The number of H-pyrrole nitrogens is 1. The lowest BCUT2D eigenvalue weighted by Crippen LogP contribution is -2.54. The molecule has 1 saturated heterocycles. The van der Waals surface area contributed by atoms with Crippen LogP contribution < -0.4 is 16.8 Å². The number of aromatic nitrogens is 2. The van der Waals surface area contributed by atoms with E-state index in [4.69, 9.17) is 22.1 Å². The molecule has 0 aliphatic carbocycles.